The second-order valence-electron chi connectivity index (χ2n) is 4.40. The first-order valence-corrected chi connectivity index (χ1v) is 6.16. The molecule has 0 aromatic rings. The molecule has 1 heterocycles. The van der Waals surface area contributed by atoms with Crippen LogP contribution >= 0.6 is 0 Å². The van der Waals surface area contributed by atoms with Gasteiger partial charge >= 0.3 is 12.0 Å². The number of aliphatic hydroxyl groups excluding tert-OH is 2. The number of carbonyl (C=O) groups is 2. The van der Waals surface area contributed by atoms with Crippen molar-refractivity contribution < 1.29 is 29.6 Å². The minimum atomic E-state index is -1.00. The lowest BCUT2D eigenvalue weighted by Gasteiger charge is -2.20. The molecule has 0 aromatic carbocycles. The monoisotopic (exact) mass is 276 g/mol. The molecule has 1 aliphatic heterocycles. The van der Waals surface area contributed by atoms with Gasteiger partial charge in [0.2, 0.25) is 0 Å². The SMILES string of the molecule is CCOC(CNC(=O)N1CC(O)C(O)C1)CC(=O)O. The fourth-order valence-electron chi connectivity index (χ4n) is 1.87. The van der Waals surface area contributed by atoms with Crippen molar-refractivity contribution in [1.29, 1.82) is 0 Å². The van der Waals surface area contributed by atoms with Crippen LogP contribution in [0.2, 0.25) is 0 Å². The number of aliphatic carboxylic acids is 1. The molecule has 0 bridgehead atoms. The number of nitrogens with one attached hydrogen (secondary N) is 1. The van der Waals surface area contributed by atoms with E-state index in [4.69, 9.17) is 9.84 Å². The lowest BCUT2D eigenvalue weighted by molar-refractivity contribution is -0.140. The van der Waals surface area contributed by atoms with Gasteiger partial charge in [-0.3, -0.25) is 4.79 Å². The van der Waals surface area contributed by atoms with E-state index in [1.165, 1.54) is 4.90 Å². The summed E-state index contributed by atoms with van der Waals surface area (Å²) in [7, 11) is 0. The van der Waals surface area contributed by atoms with Gasteiger partial charge in [-0.1, -0.05) is 0 Å². The van der Waals surface area contributed by atoms with Crippen LogP contribution < -0.4 is 5.32 Å². The Balaban J connectivity index is 2.37. The highest BCUT2D eigenvalue weighted by Crippen LogP contribution is 2.09. The van der Waals surface area contributed by atoms with Gasteiger partial charge in [-0.25, -0.2) is 4.79 Å². The molecule has 8 heteroatoms. The molecule has 0 aromatic heterocycles. The first-order chi connectivity index (χ1) is 8.93. The molecule has 1 aliphatic rings. The third-order valence-electron chi connectivity index (χ3n) is 2.83. The largest absolute Gasteiger partial charge is 0.481 e. The predicted molar refractivity (Wildman–Crippen MR) is 64.7 cm³/mol. The van der Waals surface area contributed by atoms with Crippen molar-refractivity contribution in [3.05, 3.63) is 0 Å². The van der Waals surface area contributed by atoms with Crippen molar-refractivity contribution >= 4 is 12.0 Å². The molecule has 8 nitrogen and oxygen atoms in total. The van der Waals surface area contributed by atoms with E-state index in [2.05, 4.69) is 5.32 Å². The Labute approximate surface area is 111 Å². The van der Waals surface area contributed by atoms with E-state index >= 15 is 0 Å². The van der Waals surface area contributed by atoms with Crippen molar-refractivity contribution in [3.8, 4) is 0 Å². The zero-order valence-electron chi connectivity index (χ0n) is 10.8. The summed E-state index contributed by atoms with van der Waals surface area (Å²) in [6.07, 6.45) is -2.66. The van der Waals surface area contributed by atoms with Crippen LogP contribution in [0.25, 0.3) is 0 Å². The molecule has 0 radical (unpaired) electrons. The van der Waals surface area contributed by atoms with Crippen molar-refractivity contribution in [2.45, 2.75) is 31.7 Å². The second kappa shape index (κ2) is 7.27. The Morgan fingerprint density at radius 1 is 1.37 bits per heavy atom. The first kappa shape index (κ1) is 15.7. The number of aliphatic hydroxyl groups is 2. The molecular formula is C11H20N2O6. The number of urea groups is 1. The van der Waals surface area contributed by atoms with Crippen LogP contribution in [0.3, 0.4) is 0 Å². The van der Waals surface area contributed by atoms with Crippen molar-refractivity contribution in [2.75, 3.05) is 26.2 Å². The molecule has 1 fully saturated rings. The van der Waals surface area contributed by atoms with Crippen molar-refractivity contribution in [1.82, 2.24) is 10.2 Å². The van der Waals surface area contributed by atoms with E-state index in [0.29, 0.717) is 6.61 Å². The van der Waals surface area contributed by atoms with Crippen LogP contribution in [0.4, 0.5) is 4.79 Å². The van der Waals surface area contributed by atoms with Crippen LogP contribution in [0, 0.1) is 0 Å². The smallest absolute Gasteiger partial charge is 0.317 e. The van der Waals surface area contributed by atoms with Crippen molar-refractivity contribution in [3.63, 3.8) is 0 Å². The average Bonchev–Trinajstić information content (AvgIpc) is 2.66. The van der Waals surface area contributed by atoms with Gasteiger partial charge in [0.05, 0.1) is 37.8 Å². The minimum Gasteiger partial charge on any atom is -0.481 e. The van der Waals surface area contributed by atoms with E-state index in [1.54, 1.807) is 6.92 Å². The summed E-state index contributed by atoms with van der Waals surface area (Å²) in [6, 6.07) is -0.453. The Kier molecular flexibility index (Phi) is 6.00. The third-order valence-corrected chi connectivity index (χ3v) is 2.83. The number of β-amino-alcohol motifs (C(OH)–C–C–N with tert-alkyl or cyclic N) is 2. The maximum Gasteiger partial charge on any atom is 0.317 e. The number of nitrogens with zero attached hydrogens (tertiary/aromatic N) is 1. The van der Waals surface area contributed by atoms with Gasteiger partial charge in [0.25, 0.3) is 0 Å². The number of rotatable bonds is 6. The van der Waals surface area contributed by atoms with Gasteiger partial charge in [0.15, 0.2) is 0 Å². The van der Waals surface area contributed by atoms with Crippen LogP contribution in [0.1, 0.15) is 13.3 Å². The van der Waals surface area contributed by atoms with E-state index in [9.17, 15) is 19.8 Å². The zero-order valence-corrected chi connectivity index (χ0v) is 10.8. The van der Waals surface area contributed by atoms with E-state index < -0.39 is 30.3 Å². The molecule has 0 spiro atoms. The summed E-state index contributed by atoms with van der Waals surface area (Å²) in [4.78, 5) is 23.6. The van der Waals surface area contributed by atoms with Gasteiger partial charge in [0.1, 0.15) is 0 Å². The molecule has 4 N–H and O–H groups in total. The molecule has 3 unspecified atom stereocenters. The normalized spacial score (nSPS) is 24.3. The zero-order chi connectivity index (χ0) is 14.4. The fraction of sp³-hybridized carbons (Fsp3) is 0.818. The Hall–Kier alpha value is -1.38. The van der Waals surface area contributed by atoms with Crippen LogP contribution in [-0.2, 0) is 9.53 Å². The van der Waals surface area contributed by atoms with Gasteiger partial charge in [-0.05, 0) is 6.92 Å². The minimum absolute atomic E-state index is 0.0607. The summed E-state index contributed by atoms with van der Waals surface area (Å²) >= 11 is 0. The molecule has 0 saturated carbocycles. The van der Waals surface area contributed by atoms with E-state index in [-0.39, 0.29) is 26.1 Å². The second-order valence-corrected chi connectivity index (χ2v) is 4.40. The lowest BCUT2D eigenvalue weighted by Crippen LogP contribution is -2.43. The number of carboxylic acid groups (broad SMARTS) is 1. The fourth-order valence-corrected chi connectivity index (χ4v) is 1.87. The lowest BCUT2D eigenvalue weighted by atomic mass is 10.2. The summed E-state index contributed by atoms with van der Waals surface area (Å²) < 4.78 is 5.20. The third kappa shape index (κ3) is 5.01. The Morgan fingerprint density at radius 2 is 1.95 bits per heavy atom. The topological polar surface area (TPSA) is 119 Å². The molecule has 1 rings (SSSR count). The number of amides is 2. The molecule has 0 aliphatic carbocycles. The maximum absolute atomic E-state index is 11.7. The standard InChI is InChI=1S/C11H20N2O6/c1-2-19-7(3-10(16)17)4-12-11(18)13-5-8(14)9(15)6-13/h7-9,14-15H,2-6H2,1H3,(H,12,18)(H,16,17). The molecule has 2 amide bonds. The highest BCUT2D eigenvalue weighted by molar-refractivity contribution is 5.75. The first-order valence-electron chi connectivity index (χ1n) is 6.16. The highest BCUT2D eigenvalue weighted by atomic mass is 16.5. The summed E-state index contributed by atoms with van der Waals surface area (Å²) in [5.41, 5.74) is 0. The number of hydrogen-bond donors (Lipinski definition) is 4. The highest BCUT2D eigenvalue weighted by Gasteiger charge is 2.32. The van der Waals surface area contributed by atoms with Gasteiger partial charge in [0, 0.05) is 13.2 Å². The van der Waals surface area contributed by atoms with Gasteiger partial charge < -0.3 is 30.3 Å². The molecule has 3 atom stereocenters. The molecule has 19 heavy (non-hydrogen) atoms. The van der Waals surface area contributed by atoms with Crippen LogP contribution in [0.15, 0.2) is 0 Å². The maximum atomic E-state index is 11.7. The quantitative estimate of drug-likeness (QED) is 0.474. The molecular weight excluding hydrogens is 256 g/mol. The summed E-state index contributed by atoms with van der Waals surface area (Å²) in [5.74, 6) is -1.00. The Morgan fingerprint density at radius 3 is 2.42 bits per heavy atom. The molecule has 110 valence electrons. The van der Waals surface area contributed by atoms with Crippen LogP contribution in [0.5, 0.6) is 0 Å². The van der Waals surface area contributed by atoms with E-state index in [1.807, 2.05) is 0 Å². The number of carbonyl (C=O) groups excluding carboxylic acids is 1. The summed E-state index contributed by atoms with van der Waals surface area (Å²) in [5, 5.41) is 29.9. The number of carboxylic acids is 1. The summed E-state index contributed by atoms with van der Waals surface area (Å²) in [6.45, 7) is 2.29. The van der Waals surface area contributed by atoms with Crippen molar-refractivity contribution in [2.24, 2.45) is 0 Å². The van der Waals surface area contributed by atoms with Gasteiger partial charge in [-0.15, -0.1) is 0 Å². The molecule has 1 saturated heterocycles. The number of ether oxygens (including phenoxy) is 1. The average molecular weight is 276 g/mol. The number of hydrogen-bond acceptors (Lipinski definition) is 5. The Bertz CT molecular complexity index is 314. The van der Waals surface area contributed by atoms with Gasteiger partial charge in [-0.2, -0.15) is 0 Å². The van der Waals surface area contributed by atoms with Crippen LogP contribution in [-0.4, -0.2) is 76.8 Å². The predicted octanol–water partition coefficient (Wildman–Crippen LogP) is -1.39. The number of likely N-dealkylation sites (tertiary alicyclic amines) is 1. The van der Waals surface area contributed by atoms with E-state index in [0.717, 1.165) is 0 Å².